The predicted octanol–water partition coefficient (Wildman–Crippen LogP) is 3.05. The van der Waals surface area contributed by atoms with E-state index in [0.29, 0.717) is 0 Å². The summed E-state index contributed by atoms with van der Waals surface area (Å²) in [4.78, 5) is 0. The summed E-state index contributed by atoms with van der Waals surface area (Å²) in [7, 11) is -1.65. The van der Waals surface area contributed by atoms with Gasteiger partial charge in [-0.3, -0.25) is 0 Å². The van der Waals surface area contributed by atoms with Gasteiger partial charge in [0, 0.05) is 0 Å². The lowest BCUT2D eigenvalue weighted by molar-refractivity contribution is 1.28. The Morgan fingerprint density at radius 3 is 1.30 bits per heavy atom. The van der Waals surface area contributed by atoms with Gasteiger partial charge in [0.2, 0.25) is 0 Å². The molecule has 1 aliphatic rings. The highest BCUT2D eigenvalue weighted by Gasteiger charge is 2.28. The van der Waals surface area contributed by atoms with Crippen LogP contribution in [0.1, 0.15) is 0 Å². The highest BCUT2D eigenvalue weighted by molar-refractivity contribution is 6.91. The van der Waals surface area contributed by atoms with Gasteiger partial charge in [0.05, 0.1) is 16.1 Å². The van der Waals surface area contributed by atoms with Crippen LogP contribution in [0.25, 0.3) is 0 Å². The maximum Gasteiger partial charge on any atom is 0.0705 e. The lowest BCUT2D eigenvalue weighted by Crippen LogP contribution is -2.35. The number of rotatable bonds is 0. The minimum Gasteiger partial charge on any atom is -0.102 e. The minimum absolute atomic E-state index is 0.825. The fourth-order valence-electron chi connectivity index (χ4n) is 1.26. The Morgan fingerprint density at radius 2 is 1.10 bits per heavy atom. The van der Waals surface area contributed by atoms with Crippen LogP contribution in [0.5, 0.6) is 0 Å². The molecule has 0 aromatic rings. The van der Waals surface area contributed by atoms with E-state index in [2.05, 4.69) is 37.6 Å². The van der Waals surface area contributed by atoms with Crippen molar-refractivity contribution in [2.24, 2.45) is 0 Å². The summed E-state index contributed by atoms with van der Waals surface area (Å²) in [6.07, 6.45) is 0. The topological polar surface area (TPSA) is 0 Å². The molecule has 1 heterocycles. The van der Waals surface area contributed by atoms with E-state index in [1.165, 1.54) is 12.1 Å². The zero-order valence-corrected chi connectivity index (χ0v) is 9.57. The third-order valence-electron chi connectivity index (χ3n) is 2.40. The highest BCUT2D eigenvalue weighted by Crippen LogP contribution is 2.27. The van der Waals surface area contributed by atoms with E-state index in [0.717, 1.165) is 0 Å². The van der Waals surface area contributed by atoms with Gasteiger partial charge in [0.25, 0.3) is 0 Å². The van der Waals surface area contributed by atoms with Gasteiger partial charge >= 0.3 is 0 Å². The summed E-state index contributed by atoms with van der Waals surface area (Å²) in [5.74, 6) is 0. The number of hydrogen-bond donors (Lipinski definition) is 0. The van der Waals surface area contributed by atoms with Crippen LogP contribution < -0.4 is 0 Å². The van der Waals surface area contributed by atoms with Gasteiger partial charge in [-0.2, -0.15) is 0 Å². The second kappa shape index (κ2) is 2.34. The van der Waals surface area contributed by atoms with Gasteiger partial charge in [-0.25, -0.2) is 0 Å². The molecule has 58 valence electrons. The van der Waals surface area contributed by atoms with Gasteiger partial charge in [-0.15, -0.1) is 11.4 Å². The van der Waals surface area contributed by atoms with E-state index < -0.39 is 16.1 Å². The molecule has 0 aromatic heterocycles. The Hall–Kier alpha value is 0.174. The Bertz CT molecular complexity index is 139. The van der Waals surface area contributed by atoms with Crippen LogP contribution in [0.2, 0.25) is 38.3 Å². The zero-order valence-electron chi connectivity index (χ0n) is 7.57. The zero-order chi connectivity index (χ0) is 7.83. The SMILES string of the molecule is C[Si]1(C)C=C[Si](C)(C)CC1. The monoisotopic (exact) mass is 170 g/mol. The van der Waals surface area contributed by atoms with Crippen molar-refractivity contribution < 1.29 is 0 Å². The molecule has 0 aliphatic carbocycles. The maximum atomic E-state index is 2.56. The van der Waals surface area contributed by atoms with E-state index >= 15 is 0 Å². The van der Waals surface area contributed by atoms with Crippen molar-refractivity contribution in [3.63, 3.8) is 0 Å². The van der Waals surface area contributed by atoms with Gasteiger partial charge in [-0.05, 0) is 0 Å². The predicted molar refractivity (Wildman–Crippen MR) is 53.7 cm³/mol. The summed E-state index contributed by atoms with van der Waals surface area (Å²) < 4.78 is 0. The van der Waals surface area contributed by atoms with Crippen molar-refractivity contribution >= 4 is 16.1 Å². The first-order chi connectivity index (χ1) is 4.41. The van der Waals surface area contributed by atoms with Gasteiger partial charge in [-0.1, -0.05) is 38.3 Å². The van der Waals surface area contributed by atoms with Crippen molar-refractivity contribution in [1.82, 2.24) is 0 Å². The van der Waals surface area contributed by atoms with Crippen molar-refractivity contribution in [3.8, 4) is 0 Å². The molecule has 0 unspecified atom stereocenters. The lowest BCUT2D eigenvalue weighted by atomic mass is 10.9. The normalized spacial score (nSPS) is 28.4. The Kier molecular flexibility index (Phi) is 1.94. The molecule has 0 aromatic carbocycles. The molecule has 10 heavy (non-hydrogen) atoms. The molecule has 0 atom stereocenters. The summed E-state index contributed by atoms with van der Waals surface area (Å²) in [6, 6.07) is 3.06. The van der Waals surface area contributed by atoms with Crippen molar-refractivity contribution in [1.29, 1.82) is 0 Å². The molecule has 0 amide bonds. The average molecular weight is 170 g/mol. The largest absolute Gasteiger partial charge is 0.102 e. The molecule has 0 spiro atoms. The van der Waals surface area contributed by atoms with Crippen molar-refractivity contribution in [3.05, 3.63) is 11.4 Å². The first-order valence-electron chi connectivity index (χ1n) is 4.12. The van der Waals surface area contributed by atoms with E-state index in [9.17, 15) is 0 Å². The first kappa shape index (κ1) is 8.27. The molecule has 0 saturated heterocycles. The summed E-state index contributed by atoms with van der Waals surface area (Å²) >= 11 is 0. The smallest absolute Gasteiger partial charge is 0.0705 e. The number of hydrogen-bond acceptors (Lipinski definition) is 0. The van der Waals surface area contributed by atoms with Gasteiger partial charge < -0.3 is 0 Å². The fraction of sp³-hybridized carbons (Fsp3) is 0.750. The molecule has 0 radical (unpaired) electrons. The third-order valence-corrected chi connectivity index (χ3v) is 8.45. The van der Waals surface area contributed by atoms with Crippen LogP contribution >= 0.6 is 0 Å². The Balaban J connectivity index is 2.70. The van der Waals surface area contributed by atoms with Gasteiger partial charge in [0.15, 0.2) is 0 Å². The van der Waals surface area contributed by atoms with Crippen LogP contribution in [0, 0.1) is 0 Å². The highest BCUT2D eigenvalue weighted by atomic mass is 28.3. The molecular weight excluding hydrogens is 152 g/mol. The van der Waals surface area contributed by atoms with Crippen LogP contribution in [0.3, 0.4) is 0 Å². The Labute approximate surface area is 66.4 Å². The maximum absolute atomic E-state index is 2.56. The molecule has 0 saturated carbocycles. The van der Waals surface area contributed by atoms with Crippen LogP contribution in [0.15, 0.2) is 11.4 Å². The van der Waals surface area contributed by atoms with E-state index in [1.807, 2.05) is 0 Å². The van der Waals surface area contributed by atoms with Gasteiger partial charge in [0.1, 0.15) is 0 Å². The summed E-state index contributed by atoms with van der Waals surface area (Å²) in [5.41, 5.74) is 5.12. The van der Waals surface area contributed by atoms with E-state index in [-0.39, 0.29) is 0 Å². The lowest BCUT2D eigenvalue weighted by Gasteiger charge is -2.30. The standard InChI is InChI=1S/C8H18Si2/c1-9(2)5-7-10(3,4)8-6-9/h5,7H,6,8H2,1-4H3. The van der Waals surface area contributed by atoms with Crippen LogP contribution in [-0.4, -0.2) is 16.1 Å². The second-order valence-corrected chi connectivity index (χ2v) is 14.4. The summed E-state index contributed by atoms with van der Waals surface area (Å²) in [6.45, 7) is 9.86. The van der Waals surface area contributed by atoms with Crippen LogP contribution in [0.4, 0.5) is 0 Å². The Morgan fingerprint density at radius 1 is 0.800 bits per heavy atom. The molecule has 0 fully saturated rings. The molecular formula is C8H18Si2. The summed E-state index contributed by atoms with van der Waals surface area (Å²) in [5, 5.41) is 0. The second-order valence-electron chi connectivity index (χ2n) is 4.81. The molecule has 0 nitrogen and oxygen atoms in total. The third kappa shape index (κ3) is 2.09. The van der Waals surface area contributed by atoms with E-state index in [1.54, 1.807) is 0 Å². The first-order valence-corrected chi connectivity index (χ1v) is 10.7. The molecule has 0 bridgehead atoms. The molecule has 1 rings (SSSR count). The van der Waals surface area contributed by atoms with Crippen LogP contribution in [-0.2, 0) is 0 Å². The van der Waals surface area contributed by atoms with Crippen molar-refractivity contribution in [2.45, 2.75) is 38.3 Å². The quantitative estimate of drug-likeness (QED) is 0.490. The van der Waals surface area contributed by atoms with Crippen molar-refractivity contribution in [2.75, 3.05) is 0 Å². The molecule has 0 N–H and O–H groups in total. The minimum atomic E-state index is -0.825. The molecule has 2 heteroatoms. The fourth-order valence-corrected chi connectivity index (χ4v) is 10.4. The average Bonchev–Trinajstić information content (AvgIpc) is 1.79. The molecule has 1 aliphatic heterocycles. The van der Waals surface area contributed by atoms with E-state index in [4.69, 9.17) is 0 Å².